The van der Waals surface area contributed by atoms with Crippen molar-refractivity contribution in [3.63, 3.8) is 0 Å². The first-order chi connectivity index (χ1) is 13.7. The largest absolute Gasteiger partial charge is 0.351 e. The quantitative estimate of drug-likeness (QED) is 0.364. The lowest BCUT2D eigenvalue weighted by molar-refractivity contribution is -0.125. The van der Waals surface area contributed by atoms with Crippen LogP contribution in [0.2, 0.25) is 5.02 Å². The molecule has 2 N–H and O–H groups in total. The van der Waals surface area contributed by atoms with Crippen molar-refractivity contribution >= 4 is 17.5 Å². The number of unbranched alkanes of at least 4 members (excludes halogenated alkanes) is 2. The van der Waals surface area contributed by atoms with Crippen LogP contribution in [0.25, 0.3) is 0 Å². The Kier molecular flexibility index (Phi) is 11.3. The highest BCUT2D eigenvalue weighted by Crippen LogP contribution is 2.37. The lowest BCUT2D eigenvalue weighted by Crippen LogP contribution is -2.55. The predicted octanol–water partition coefficient (Wildman–Crippen LogP) is 6.34. The van der Waals surface area contributed by atoms with E-state index in [-0.39, 0.29) is 23.4 Å². The van der Waals surface area contributed by atoms with Crippen molar-refractivity contribution in [2.75, 3.05) is 7.05 Å². The lowest BCUT2D eigenvalue weighted by Gasteiger charge is -2.41. The molecule has 3 nitrogen and oxygen atoms in total. The number of hydrogen-bond donors (Lipinski definition) is 2. The SMILES string of the molecule is CCCCCC(C)(c1ccc(Cl)cc1)C(CC(C)C)NC(=O)C(NC)[C@@H](C)CC. The van der Waals surface area contributed by atoms with Crippen LogP contribution in [0, 0.1) is 11.8 Å². The van der Waals surface area contributed by atoms with Gasteiger partial charge in [0.2, 0.25) is 5.91 Å². The molecule has 0 fully saturated rings. The summed E-state index contributed by atoms with van der Waals surface area (Å²) in [5.74, 6) is 0.902. The molecule has 0 aliphatic heterocycles. The van der Waals surface area contributed by atoms with Crippen LogP contribution in [0.5, 0.6) is 0 Å². The number of rotatable bonds is 13. The normalized spacial score (nSPS) is 16.9. The van der Waals surface area contributed by atoms with Crippen LogP contribution in [0.3, 0.4) is 0 Å². The number of carbonyl (C=O) groups excluding carboxylic acids is 1. The second-order valence-electron chi connectivity index (χ2n) is 9.22. The van der Waals surface area contributed by atoms with Crippen molar-refractivity contribution in [1.29, 1.82) is 0 Å². The van der Waals surface area contributed by atoms with E-state index in [1.54, 1.807) is 0 Å². The van der Waals surface area contributed by atoms with E-state index in [1.807, 2.05) is 19.2 Å². The van der Waals surface area contributed by atoms with Gasteiger partial charge in [0.05, 0.1) is 6.04 Å². The maximum absolute atomic E-state index is 13.2. The van der Waals surface area contributed by atoms with Crippen LogP contribution in [0.1, 0.15) is 85.6 Å². The number of likely N-dealkylation sites (N-methyl/N-ethyl adjacent to an activating group) is 1. The van der Waals surface area contributed by atoms with Crippen molar-refractivity contribution in [1.82, 2.24) is 10.6 Å². The number of nitrogens with one attached hydrogen (secondary N) is 2. The minimum Gasteiger partial charge on any atom is -0.351 e. The van der Waals surface area contributed by atoms with Crippen LogP contribution < -0.4 is 10.6 Å². The van der Waals surface area contributed by atoms with E-state index in [0.717, 1.165) is 30.7 Å². The zero-order valence-corrected chi connectivity index (χ0v) is 20.4. The van der Waals surface area contributed by atoms with Gasteiger partial charge in [0, 0.05) is 16.5 Å². The smallest absolute Gasteiger partial charge is 0.237 e. The molecular formula is C25H43ClN2O. The lowest BCUT2D eigenvalue weighted by atomic mass is 9.69. The fourth-order valence-corrected chi connectivity index (χ4v) is 4.34. The Labute approximate surface area is 184 Å². The van der Waals surface area contributed by atoms with Crippen LogP contribution in [-0.4, -0.2) is 25.0 Å². The molecule has 0 saturated carbocycles. The fraction of sp³-hybridized carbons (Fsp3) is 0.720. The van der Waals surface area contributed by atoms with Gasteiger partial charge in [-0.05, 0) is 49.4 Å². The van der Waals surface area contributed by atoms with E-state index >= 15 is 0 Å². The summed E-state index contributed by atoms with van der Waals surface area (Å²) >= 11 is 6.17. The van der Waals surface area contributed by atoms with Gasteiger partial charge < -0.3 is 10.6 Å². The molecular weight excluding hydrogens is 380 g/mol. The Morgan fingerprint density at radius 1 is 1.10 bits per heavy atom. The Hall–Kier alpha value is -1.06. The standard InChI is InChI=1S/C25H43ClN2O/c1-8-10-11-16-25(6,20-12-14-21(26)15-13-20)22(17-18(3)4)28-24(29)23(27-7)19(5)9-2/h12-15,18-19,22-23,27H,8-11,16-17H2,1-7H3,(H,28,29)/t19-,22?,23?,25?/m0/s1. The summed E-state index contributed by atoms with van der Waals surface area (Å²) < 4.78 is 0. The molecule has 0 aromatic heterocycles. The summed E-state index contributed by atoms with van der Waals surface area (Å²) in [6, 6.07) is 8.13. The summed E-state index contributed by atoms with van der Waals surface area (Å²) in [6.07, 6.45) is 6.52. The Bertz CT molecular complexity index is 601. The maximum Gasteiger partial charge on any atom is 0.237 e. The molecule has 1 aromatic carbocycles. The molecule has 4 atom stereocenters. The molecule has 1 aromatic rings. The zero-order valence-electron chi connectivity index (χ0n) is 19.6. The van der Waals surface area contributed by atoms with Gasteiger partial charge in [0.25, 0.3) is 0 Å². The van der Waals surface area contributed by atoms with Gasteiger partial charge in [-0.15, -0.1) is 0 Å². The number of hydrogen-bond acceptors (Lipinski definition) is 2. The van der Waals surface area contributed by atoms with Crippen molar-refractivity contribution in [3.05, 3.63) is 34.9 Å². The Morgan fingerprint density at radius 2 is 1.72 bits per heavy atom. The highest BCUT2D eigenvalue weighted by molar-refractivity contribution is 6.30. The van der Waals surface area contributed by atoms with Crippen molar-refractivity contribution in [3.8, 4) is 0 Å². The van der Waals surface area contributed by atoms with Crippen LogP contribution >= 0.6 is 11.6 Å². The van der Waals surface area contributed by atoms with Crippen molar-refractivity contribution < 1.29 is 4.79 Å². The van der Waals surface area contributed by atoms with Gasteiger partial charge in [-0.3, -0.25) is 4.79 Å². The molecule has 0 spiro atoms. The minimum atomic E-state index is -0.167. The number of benzene rings is 1. The summed E-state index contributed by atoms with van der Waals surface area (Å²) in [5, 5.41) is 7.44. The number of carbonyl (C=O) groups is 1. The third kappa shape index (κ3) is 7.61. The van der Waals surface area contributed by atoms with Crippen molar-refractivity contribution in [2.24, 2.45) is 11.8 Å². The molecule has 0 aliphatic rings. The first kappa shape index (κ1) is 26.0. The molecule has 29 heavy (non-hydrogen) atoms. The highest BCUT2D eigenvalue weighted by atomic mass is 35.5. The summed E-state index contributed by atoms with van der Waals surface area (Å²) in [7, 11) is 1.88. The second-order valence-corrected chi connectivity index (χ2v) is 9.66. The van der Waals surface area contributed by atoms with Crippen LogP contribution in [0.15, 0.2) is 24.3 Å². The summed E-state index contributed by atoms with van der Waals surface area (Å²) in [6.45, 7) is 13.3. The second kappa shape index (κ2) is 12.6. The molecule has 3 unspecified atom stereocenters. The highest BCUT2D eigenvalue weighted by Gasteiger charge is 2.38. The molecule has 1 rings (SSSR count). The van der Waals surface area contributed by atoms with Crippen LogP contribution in [-0.2, 0) is 10.2 Å². The monoisotopic (exact) mass is 422 g/mol. The maximum atomic E-state index is 13.2. The van der Waals surface area contributed by atoms with E-state index in [9.17, 15) is 4.79 Å². The van der Waals surface area contributed by atoms with Crippen molar-refractivity contribution in [2.45, 2.75) is 97.6 Å². The average molecular weight is 423 g/mol. The topological polar surface area (TPSA) is 41.1 Å². The third-order valence-corrected chi connectivity index (χ3v) is 6.65. The van der Waals surface area contributed by atoms with E-state index in [2.05, 4.69) is 64.3 Å². The van der Waals surface area contributed by atoms with E-state index in [0.29, 0.717) is 11.8 Å². The fourth-order valence-electron chi connectivity index (χ4n) is 4.21. The predicted molar refractivity (Wildman–Crippen MR) is 127 cm³/mol. The van der Waals surface area contributed by atoms with Gasteiger partial charge in [0.15, 0.2) is 0 Å². The van der Waals surface area contributed by atoms with Gasteiger partial charge in [-0.25, -0.2) is 0 Å². The van der Waals surface area contributed by atoms with Crippen LogP contribution in [0.4, 0.5) is 0 Å². The molecule has 4 heteroatoms. The molecule has 0 bridgehead atoms. The zero-order chi connectivity index (χ0) is 22.0. The summed E-state index contributed by atoms with van der Waals surface area (Å²) in [5.41, 5.74) is 1.13. The Balaban J connectivity index is 3.26. The molecule has 1 amide bonds. The van der Waals surface area contributed by atoms with E-state index < -0.39 is 0 Å². The molecule has 0 radical (unpaired) electrons. The third-order valence-electron chi connectivity index (χ3n) is 6.40. The number of amides is 1. The van der Waals surface area contributed by atoms with Gasteiger partial charge >= 0.3 is 0 Å². The first-order valence-electron chi connectivity index (χ1n) is 11.4. The molecule has 166 valence electrons. The average Bonchev–Trinajstić information content (AvgIpc) is 2.68. The Morgan fingerprint density at radius 3 is 2.21 bits per heavy atom. The number of halogens is 1. The molecule has 0 aliphatic carbocycles. The molecule has 0 saturated heterocycles. The van der Waals surface area contributed by atoms with Gasteiger partial charge in [-0.2, -0.15) is 0 Å². The minimum absolute atomic E-state index is 0.0768. The molecule has 0 heterocycles. The first-order valence-corrected chi connectivity index (χ1v) is 11.8. The summed E-state index contributed by atoms with van der Waals surface area (Å²) in [4.78, 5) is 13.2. The van der Waals surface area contributed by atoms with Gasteiger partial charge in [0.1, 0.15) is 0 Å². The van der Waals surface area contributed by atoms with E-state index in [1.165, 1.54) is 18.4 Å². The van der Waals surface area contributed by atoms with Gasteiger partial charge in [-0.1, -0.05) is 91.0 Å². The van der Waals surface area contributed by atoms with E-state index in [4.69, 9.17) is 11.6 Å².